The first kappa shape index (κ1) is 18.1. The molecule has 1 aromatic rings. The molecule has 1 unspecified atom stereocenters. The number of carbonyl (C=O) groups excluding carboxylic acids is 1. The van der Waals surface area contributed by atoms with E-state index in [-0.39, 0.29) is 23.3 Å². The van der Waals surface area contributed by atoms with Crippen LogP contribution in [0.5, 0.6) is 0 Å². The van der Waals surface area contributed by atoms with Gasteiger partial charge in [0.25, 0.3) is 0 Å². The number of sulfone groups is 1. The first-order chi connectivity index (χ1) is 12.0. The fourth-order valence-corrected chi connectivity index (χ4v) is 5.35. The van der Waals surface area contributed by atoms with Gasteiger partial charge in [-0.3, -0.25) is 9.69 Å². The van der Waals surface area contributed by atoms with Gasteiger partial charge in [-0.1, -0.05) is 42.5 Å². The zero-order valence-corrected chi connectivity index (χ0v) is 15.3. The molecular weight excluding hydrogens is 336 g/mol. The zero-order valence-electron chi connectivity index (χ0n) is 14.5. The summed E-state index contributed by atoms with van der Waals surface area (Å²) in [6.45, 7) is 4.09. The second-order valence-electron chi connectivity index (χ2n) is 6.97. The number of piperazine rings is 1. The zero-order chi connectivity index (χ0) is 17.7. The number of hydrogen-bond donors (Lipinski definition) is 0. The molecule has 0 aliphatic carbocycles. The van der Waals surface area contributed by atoms with E-state index in [9.17, 15) is 13.2 Å². The molecule has 0 aromatic heterocycles. The summed E-state index contributed by atoms with van der Waals surface area (Å²) in [5.41, 5.74) is 1.20. The minimum Gasteiger partial charge on any atom is -0.340 e. The monoisotopic (exact) mass is 362 g/mol. The fraction of sp³-hybridized carbons (Fsp3) is 0.526. The minimum absolute atomic E-state index is 0.0179. The molecule has 2 fully saturated rings. The Bertz CT molecular complexity index is 707. The fourth-order valence-electron chi connectivity index (χ4n) is 3.49. The SMILES string of the molecule is O=C(CC1CCS(=O)(=O)C1)N1CCN(CC=Cc2ccccc2)CC1. The first-order valence-corrected chi connectivity index (χ1v) is 10.8. The molecule has 1 atom stereocenters. The maximum atomic E-state index is 12.4. The third-order valence-electron chi connectivity index (χ3n) is 4.99. The van der Waals surface area contributed by atoms with Crippen LogP contribution < -0.4 is 0 Å². The van der Waals surface area contributed by atoms with Crippen molar-refractivity contribution in [3.05, 3.63) is 42.0 Å². The Morgan fingerprint density at radius 1 is 1.12 bits per heavy atom. The van der Waals surface area contributed by atoms with Crippen LogP contribution in [0, 0.1) is 5.92 Å². The van der Waals surface area contributed by atoms with Gasteiger partial charge in [-0.05, 0) is 17.9 Å². The molecule has 2 saturated heterocycles. The Labute approximate surface area is 150 Å². The van der Waals surface area contributed by atoms with E-state index in [1.807, 2.05) is 23.1 Å². The van der Waals surface area contributed by atoms with Gasteiger partial charge in [-0.25, -0.2) is 8.42 Å². The Hall–Kier alpha value is -1.66. The standard InChI is InChI=1S/C19H26N2O3S/c22-19(15-18-8-14-25(23,24)16-18)21-12-10-20(11-13-21)9-4-7-17-5-2-1-3-6-17/h1-7,18H,8-16H2. The number of hydrogen-bond acceptors (Lipinski definition) is 4. The van der Waals surface area contributed by atoms with E-state index in [0.29, 0.717) is 12.8 Å². The Balaban J connectivity index is 1.39. The summed E-state index contributed by atoms with van der Waals surface area (Å²) < 4.78 is 23.0. The van der Waals surface area contributed by atoms with Crippen LogP contribution in [0.2, 0.25) is 0 Å². The molecule has 136 valence electrons. The Morgan fingerprint density at radius 2 is 1.84 bits per heavy atom. The highest BCUT2D eigenvalue weighted by atomic mass is 32.2. The molecule has 0 bridgehead atoms. The number of amides is 1. The van der Waals surface area contributed by atoms with Crippen molar-refractivity contribution in [2.45, 2.75) is 12.8 Å². The highest BCUT2D eigenvalue weighted by Crippen LogP contribution is 2.22. The maximum absolute atomic E-state index is 12.4. The third-order valence-corrected chi connectivity index (χ3v) is 6.83. The average molecular weight is 362 g/mol. The van der Waals surface area contributed by atoms with E-state index >= 15 is 0 Å². The van der Waals surface area contributed by atoms with Gasteiger partial charge in [0.2, 0.25) is 5.91 Å². The summed E-state index contributed by atoms with van der Waals surface area (Å²) in [6, 6.07) is 10.2. The summed E-state index contributed by atoms with van der Waals surface area (Å²) in [4.78, 5) is 16.6. The van der Waals surface area contributed by atoms with Gasteiger partial charge in [-0.15, -0.1) is 0 Å². The van der Waals surface area contributed by atoms with Gasteiger partial charge in [0, 0.05) is 39.1 Å². The van der Waals surface area contributed by atoms with Crippen LogP contribution in [0.25, 0.3) is 6.08 Å². The summed E-state index contributed by atoms with van der Waals surface area (Å²) in [6.07, 6.45) is 5.31. The Kier molecular flexibility index (Phi) is 5.91. The summed E-state index contributed by atoms with van der Waals surface area (Å²) >= 11 is 0. The van der Waals surface area contributed by atoms with Crippen molar-refractivity contribution in [1.82, 2.24) is 9.80 Å². The van der Waals surface area contributed by atoms with E-state index in [4.69, 9.17) is 0 Å². The molecule has 1 amide bonds. The highest BCUT2D eigenvalue weighted by Gasteiger charge is 2.31. The first-order valence-electron chi connectivity index (χ1n) is 8.94. The van der Waals surface area contributed by atoms with Gasteiger partial charge in [0.05, 0.1) is 11.5 Å². The second-order valence-corrected chi connectivity index (χ2v) is 9.20. The predicted octanol–water partition coefficient (Wildman–Crippen LogP) is 1.67. The molecule has 0 radical (unpaired) electrons. The van der Waals surface area contributed by atoms with Gasteiger partial charge in [0.15, 0.2) is 9.84 Å². The van der Waals surface area contributed by atoms with Crippen molar-refractivity contribution in [3.8, 4) is 0 Å². The van der Waals surface area contributed by atoms with E-state index in [1.165, 1.54) is 5.56 Å². The Morgan fingerprint density at radius 3 is 2.48 bits per heavy atom. The molecule has 1 aromatic carbocycles. The van der Waals surface area contributed by atoms with Crippen molar-refractivity contribution in [2.24, 2.45) is 5.92 Å². The van der Waals surface area contributed by atoms with Crippen LogP contribution in [0.4, 0.5) is 0 Å². The topological polar surface area (TPSA) is 57.7 Å². The summed E-state index contributed by atoms with van der Waals surface area (Å²) in [5.74, 6) is 0.557. The lowest BCUT2D eigenvalue weighted by atomic mass is 10.0. The summed E-state index contributed by atoms with van der Waals surface area (Å²) in [5, 5.41) is 0. The van der Waals surface area contributed by atoms with E-state index in [0.717, 1.165) is 32.7 Å². The van der Waals surface area contributed by atoms with E-state index in [1.54, 1.807) is 0 Å². The normalized spacial score (nSPS) is 24.0. The van der Waals surface area contributed by atoms with Crippen molar-refractivity contribution >= 4 is 21.8 Å². The number of carbonyl (C=O) groups is 1. The minimum atomic E-state index is -2.90. The molecule has 0 saturated carbocycles. The molecule has 0 spiro atoms. The van der Waals surface area contributed by atoms with E-state index < -0.39 is 9.84 Å². The molecule has 6 heteroatoms. The average Bonchev–Trinajstić information content (AvgIpc) is 2.95. The lowest BCUT2D eigenvalue weighted by Gasteiger charge is -2.34. The van der Waals surface area contributed by atoms with Crippen molar-refractivity contribution in [2.75, 3.05) is 44.2 Å². The molecule has 5 nitrogen and oxygen atoms in total. The van der Waals surface area contributed by atoms with Crippen molar-refractivity contribution in [1.29, 1.82) is 0 Å². The van der Waals surface area contributed by atoms with Gasteiger partial charge >= 0.3 is 0 Å². The van der Waals surface area contributed by atoms with Gasteiger partial charge < -0.3 is 4.90 Å². The van der Waals surface area contributed by atoms with Crippen molar-refractivity contribution in [3.63, 3.8) is 0 Å². The summed E-state index contributed by atoms with van der Waals surface area (Å²) in [7, 11) is -2.90. The molecule has 2 heterocycles. The molecule has 2 aliphatic heterocycles. The van der Waals surface area contributed by atoms with Crippen LogP contribution in [0.3, 0.4) is 0 Å². The maximum Gasteiger partial charge on any atom is 0.222 e. The molecule has 25 heavy (non-hydrogen) atoms. The van der Waals surface area contributed by atoms with Crippen LogP contribution in [-0.2, 0) is 14.6 Å². The van der Waals surface area contributed by atoms with Crippen LogP contribution in [-0.4, -0.2) is 68.4 Å². The third kappa shape index (κ3) is 5.41. The van der Waals surface area contributed by atoms with Gasteiger partial charge in [-0.2, -0.15) is 0 Å². The lowest BCUT2D eigenvalue weighted by molar-refractivity contribution is -0.133. The largest absolute Gasteiger partial charge is 0.340 e. The molecule has 0 N–H and O–H groups in total. The molecular formula is C19H26N2O3S. The number of nitrogens with zero attached hydrogens (tertiary/aromatic N) is 2. The van der Waals surface area contributed by atoms with Crippen molar-refractivity contribution < 1.29 is 13.2 Å². The second kappa shape index (κ2) is 8.15. The predicted molar refractivity (Wildman–Crippen MR) is 99.9 cm³/mol. The number of rotatable bonds is 5. The van der Waals surface area contributed by atoms with Crippen LogP contribution in [0.15, 0.2) is 36.4 Å². The lowest BCUT2D eigenvalue weighted by Crippen LogP contribution is -2.48. The van der Waals surface area contributed by atoms with Crippen LogP contribution in [0.1, 0.15) is 18.4 Å². The van der Waals surface area contributed by atoms with Crippen LogP contribution >= 0.6 is 0 Å². The van der Waals surface area contributed by atoms with E-state index in [2.05, 4.69) is 29.2 Å². The molecule has 3 rings (SSSR count). The molecule has 2 aliphatic rings. The van der Waals surface area contributed by atoms with Gasteiger partial charge in [0.1, 0.15) is 0 Å². The number of benzene rings is 1. The smallest absolute Gasteiger partial charge is 0.222 e. The quantitative estimate of drug-likeness (QED) is 0.799. The highest BCUT2D eigenvalue weighted by molar-refractivity contribution is 7.91.